The number of halogens is 4. The average Bonchev–Trinajstić information content (AvgIpc) is 3.00. The highest BCUT2D eigenvalue weighted by molar-refractivity contribution is 6.42. The van der Waals surface area contributed by atoms with Gasteiger partial charge >= 0.3 is 0 Å². The highest BCUT2D eigenvalue weighted by Gasteiger charge is 2.43. The first-order chi connectivity index (χ1) is 13.8. The van der Waals surface area contributed by atoms with Crippen LogP contribution in [0.4, 0.5) is 15.8 Å². The predicted molar refractivity (Wildman–Crippen MR) is 113 cm³/mol. The van der Waals surface area contributed by atoms with Crippen LogP contribution in [0.2, 0.25) is 15.1 Å². The molecule has 0 aromatic heterocycles. The number of carbonyl (C=O) groups is 2. The van der Waals surface area contributed by atoms with Crippen molar-refractivity contribution < 1.29 is 14.0 Å². The van der Waals surface area contributed by atoms with Gasteiger partial charge in [0.15, 0.2) is 0 Å². The maximum absolute atomic E-state index is 13.4. The summed E-state index contributed by atoms with van der Waals surface area (Å²) in [6.07, 6.45) is 0.0978. The minimum Gasteiger partial charge on any atom is -0.369 e. The highest BCUT2D eigenvalue weighted by atomic mass is 35.5. The Morgan fingerprint density at radius 3 is 2.14 bits per heavy atom. The minimum absolute atomic E-state index is 0.0978. The van der Waals surface area contributed by atoms with E-state index in [4.69, 9.17) is 34.8 Å². The first-order valence-electron chi connectivity index (χ1n) is 9.11. The van der Waals surface area contributed by atoms with Gasteiger partial charge in [0.2, 0.25) is 5.91 Å². The molecule has 0 saturated carbocycles. The van der Waals surface area contributed by atoms with E-state index in [-0.39, 0.29) is 23.3 Å². The molecular weight excluding hydrogens is 440 g/mol. The van der Waals surface area contributed by atoms with Crippen molar-refractivity contribution in [3.8, 4) is 0 Å². The van der Waals surface area contributed by atoms with E-state index in [9.17, 15) is 14.0 Å². The molecule has 2 aromatic rings. The van der Waals surface area contributed by atoms with Gasteiger partial charge in [0.1, 0.15) is 5.82 Å². The maximum atomic E-state index is 13.4. The molecule has 2 aliphatic rings. The van der Waals surface area contributed by atoms with Crippen LogP contribution in [0.15, 0.2) is 36.4 Å². The van der Waals surface area contributed by atoms with E-state index in [0.717, 1.165) is 16.7 Å². The van der Waals surface area contributed by atoms with Gasteiger partial charge in [-0.05, 0) is 36.4 Å². The summed E-state index contributed by atoms with van der Waals surface area (Å²) in [6, 6.07) is 8.82. The second kappa shape index (κ2) is 8.11. The number of carbonyl (C=O) groups excluding carboxylic acids is 2. The predicted octanol–water partition coefficient (Wildman–Crippen LogP) is 4.24. The Morgan fingerprint density at radius 1 is 0.828 bits per heavy atom. The van der Waals surface area contributed by atoms with Crippen molar-refractivity contribution in [2.24, 2.45) is 0 Å². The number of anilines is 2. The van der Waals surface area contributed by atoms with E-state index in [1.807, 2.05) is 17.0 Å². The lowest BCUT2D eigenvalue weighted by Gasteiger charge is -2.38. The van der Waals surface area contributed by atoms with Crippen molar-refractivity contribution in [2.75, 3.05) is 36.0 Å². The number of hydrogen-bond acceptors (Lipinski definition) is 4. The number of imide groups is 1. The fraction of sp³-hybridized carbons (Fsp3) is 0.300. The zero-order valence-electron chi connectivity index (χ0n) is 15.2. The van der Waals surface area contributed by atoms with Crippen molar-refractivity contribution in [3.63, 3.8) is 0 Å². The summed E-state index contributed by atoms with van der Waals surface area (Å²) in [6.45, 7) is 2.64. The molecule has 0 aliphatic carbocycles. The van der Waals surface area contributed by atoms with Crippen LogP contribution in [-0.2, 0) is 9.59 Å². The zero-order valence-corrected chi connectivity index (χ0v) is 17.5. The van der Waals surface area contributed by atoms with Gasteiger partial charge in [0.05, 0.1) is 33.2 Å². The van der Waals surface area contributed by atoms with Crippen molar-refractivity contribution in [1.29, 1.82) is 0 Å². The van der Waals surface area contributed by atoms with Gasteiger partial charge < -0.3 is 4.90 Å². The van der Waals surface area contributed by atoms with Crippen molar-refractivity contribution in [3.05, 3.63) is 57.3 Å². The summed E-state index contributed by atoms with van der Waals surface area (Å²) in [5.74, 6) is -1.21. The first kappa shape index (κ1) is 20.4. The van der Waals surface area contributed by atoms with Gasteiger partial charge in [-0.1, -0.05) is 34.8 Å². The SMILES string of the molecule is O=C1CC(N2CCN(c3ccc(Cl)c(Cl)c3)CC2)C(=O)N1c1ccc(F)c(Cl)c1. The van der Waals surface area contributed by atoms with Gasteiger partial charge in [-0.3, -0.25) is 14.5 Å². The monoisotopic (exact) mass is 455 g/mol. The van der Waals surface area contributed by atoms with E-state index in [1.165, 1.54) is 12.1 Å². The molecule has 2 saturated heterocycles. The molecule has 152 valence electrons. The van der Waals surface area contributed by atoms with Crippen LogP contribution in [0, 0.1) is 5.82 Å². The van der Waals surface area contributed by atoms with Crippen molar-refractivity contribution >= 4 is 58.0 Å². The Balaban J connectivity index is 1.45. The number of piperazine rings is 1. The maximum Gasteiger partial charge on any atom is 0.251 e. The molecule has 2 heterocycles. The van der Waals surface area contributed by atoms with Crippen LogP contribution >= 0.6 is 34.8 Å². The Morgan fingerprint density at radius 2 is 1.48 bits per heavy atom. The smallest absolute Gasteiger partial charge is 0.251 e. The summed E-state index contributed by atoms with van der Waals surface area (Å²) >= 11 is 17.9. The number of nitrogens with zero attached hydrogens (tertiary/aromatic N) is 3. The number of benzene rings is 2. The first-order valence-corrected chi connectivity index (χ1v) is 10.2. The summed E-state index contributed by atoms with van der Waals surface area (Å²) in [7, 11) is 0. The van der Waals surface area contributed by atoms with E-state index >= 15 is 0 Å². The van der Waals surface area contributed by atoms with Gasteiger partial charge in [0, 0.05) is 31.9 Å². The van der Waals surface area contributed by atoms with Crippen LogP contribution < -0.4 is 9.80 Å². The van der Waals surface area contributed by atoms with E-state index < -0.39 is 11.9 Å². The molecule has 9 heteroatoms. The Labute approximate surface area is 182 Å². The molecule has 29 heavy (non-hydrogen) atoms. The Hall–Kier alpha value is -1.86. The largest absolute Gasteiger partial charge is 0.369 e. The van der Waals surface area contributed by atoms with Crippen molar-refractivity contribution in [2.45, 2.75) is 12.5 Å². The molecule has 4 rings (SSSR count). The second-order valence-corrected chi connectivity index (χ2v) is 8.23. The molecule has 0 bridgehead atoms. The lowest BCUT2D eigenvalue weighted by atomic mass is 10.1. The molecule has 5 nitrogen and oxygen atoms in total. The van der Waals surface area contributed by atoms with Crippen molar-refractivity contribution in [1.82, 2.24) is 4.90 Å². The zero-order chi connectivity index (χ0) is 20.7. The summed E-state index contributed by atoms with van der Waals surface area (Å²) < 4.78 is 13.4. The molecule has 2 aromatic carbocycles. The lowest BCUT2D eigenvalue weighted by molar-refractivity contribution is -0.123. The van der Waals surface area contributed by atoms with E-state index in [2.05, 4.69) is 4.90 Å². The van der Waals surface area contributed by atoms with E-state index in [0.29, 0.717) is 41.9 Å². The molecule has 1 atom stereocenters. The quantitative estimate of drug-likeness (QED) is 0.648. The number of rotatable bonds is 3. The summed E-state index contributed by atoms with van der Waals surface area (Å²) in [4.78, 5) is 30.7. The number of amides is 2. The third-order valence-corrected chi connectivity index (χ3v) is 6.34. The fourth-order valence-electron chi connectivity index (χ4n) is 3.77. The second-order valence-electron chi connectivity index (χ2n) is 7.01. The lowest BCUT2D eigenvalue weighted by Crippen LogP contribution is -2.52. The van der Waals surface area contributed by atoms with Crippen LogP contribution in [0.1, 0.15) is 6.42 Å². The fourth-order valence-corrected chi connectivity index (χ4v) is 4.24. The molecule has 2 amide bonds. The molecule has 0 N–H and O–H groups in total. The third-order valence-electron chi connectivity index (χ3n) is 5.31. The molecule has 1 unspecified atom stereocenters. The molecule has 0 spiro atoms. The van der Waals surface area contributed by atoms with E-state index in [1.54, 1.807) is 6.07 Å². The molecule has 2 fully saturated rings. The van der Waals surface area contributed by atoms with Gasteiger partial charge in [0.25, 0.3) is 5.91 Å². The summed E-state index contributed by atoms with van der Waals surface area (Å²) in [5.41, 5.74) is 1.26. The molecule has 0 radical (unpaired) electrons. The standard InChI is InChI=1S/C20H17Cl3FN3O2/c21-14-3-1-12(9-15(14)22)25-5-7-26(8-6-25)18-11-19(28)27(20(18)29)13-2-4-17(24)16(23)10-13/h1-4,9-10,18H,5-8,11H2. The number of hydrogen-bond donors (Lipinski definition) is 0. The minimum atomic E-state index is -0.593. The highest BCUT2D eigenvalue weighted by Crippen LogP contribution is 2.31. The van der Waals surface area contributed by atoms with Crippen LogP contribution in [0.25, 0.3) is 0 Å². The Bertz CT molecular complexity index is 979. The Kier molecular flexibility index (Phi) is 5.71. The van der Waals surface area contributed by atoms with Gasteiger partial charge in [-0.25, -0.2) is 9.29 Å². The average molecular weight is 457 g/mol. The molecule has 2 aliphatic heterocycles. The van der Waals surface area contributed by atoms with Crippen LogP contribution in [-0.4, -0.2) is 48.9 Å². The topological polar surface area (TPSA) is 43.9 Å². The third kappa shape index (κ3) is 3.94. The molecular formula is C20H17Cl3FN3O2. The summed E-state index contributed by atoms with van der Waals surface area (Å²) in [5, 5.41) is 0.878. The van der Waals surface area contributed by atoms with Gasteiger partial charge in [-0.2, -0.15) is 0 Å². The van der Waals surface area contributed by atoms with Crippen LogP contribution in [0.5, 0.6) is 0 Å². The van der Waals surface area contributed by atoms with Gasteiger partial charge in [-0.15, -0.1) is 0 Å². The normalized spacial score (nSPS) is 20.6. The van der Waals surface area contributed by atoms with Crippen LogP contribution in [0.3, 0.4) is 0 Å².